The van der Waals surface area contributed by atoms with Crippen LogP contribution in [-0.2, 0) is 16.6 Å². The molecule has 3 amide bonds. The van der Waals surface area contributed by atoms with E-state index in [2.05, 4.69) is 10.4 Å². The Morgan fingerprint density at radius 2 is 1.78 bits per heavy atom. The molecule has 0 radical (unpaired) electrons. The van der Waals surface area contributed by atoms with Gasteiger partial charge in [-0.1, -0.05) is 12.1 Å². The first-order valence-electron chi connectivity index (χ1n) is 8.38. The monoisotopic (exact) mass is 370 g/mol. The van der Waals surface area contributed by atoms with Crippen LogP contribution in [0.2, 0.25) is 0 Å². The third-order valence-corrected chi connectivity index (χ3v) is 4.13. The number of carbonyl (C=O) groups excluding carboxylic acids is 4. The average molecular weight is 370 g/mol. The van der Waals surface area contributed by atoms with Crippen LogP contribution in [0.15, 0.2) is 30.5 Å². The second-order valence-electron chi connectivity index (χ2n) is 5.86. The van der Waals surface area contributed by atoms with E-state index in [0.29, 0.717) is 11.1 Å². The number of carbonyl (C=O) groups is 4. The van der Waals surface area contributed by atoms with E-state index < -0.39 is 23.7 Å². The minimum absolute atomic E-state index is 0.0647. The summed E-state index contributed by atoms with van der Waals surface area (Å²) in [7, 11) is 1.57. The van der Waals surface area contributed by atoms with Crippen molar-refractivity contribution in [3.8, 4) is 0 Å². The Hall–Kier alpha value is -3.49. The van der Waals surface area contributed by atoms with Gasteiger partial charge in [0, 0.05) is 20.0 Å². The molecule has 1 N–H and O–H groups in total. The van der Waals surface area contributed by atoms with Gasteiger partial charge in [-0.15, -0.1) is 0 Å². The molecule has 0 atom stereocenters. The highest BCUT2D eigenvalue weighted by Crippen LogP contribution is 2.22. The van der Waals surface area contributed by atoms with Gasteiger partial charge in [0.25, 0.3) is 11.8 Å². The van der Waals surface area contributed by atoms with E-state index in [4.69, 9.17) is 4.74 Å². The van der Waals surface area contributed by atoms with Crippen molar-refractivity contribution in [3.63, 3.8) is 0 Å². The van der Waals surface area contributed by atoms with E-state index in [1.54, 1.807) is 38.2 Å². The lowest BCUT2D eigenvalue weighted by molar-refractivity contribution is -0.116. The Bertz CT molecular complexity index is 899. The van der Waals surface area contributed by atoms with E-state index in [1.807, 2.05) is 0 Å². The Morgan fingerprint density at radius 1 is 1.15 bits per heavy atom. The molecule has 9 nitrogen and oxygen atoms in total. The summed E-state index contributed by atoms with van der Waals surface area (Å²) in [5.74, 6) is -1.70. The summed E-state index contributed by atoms with van der Waals surface area (Å²) < 4.78 is 6.27. The number of hydrogen-bond acceptors (Lipinski definition) is 6. The van der Waals surface area contributed by atoms with E-state index in [0.717, 1.165) is 4.90 Å². The van der Waals surface area contributed by atoms with Gasteiger partial charge in [-0.25, -0.2) is 4.79 Å². The maximum atomic E-state index is 12.3. The molecular formula is C18H18N4O5. The standard InChI is InChI=1S/C18H18N4O5/c1-3-27-18(26)13-10-19-21(2)15(13)20-14(23)8-9-22-16(24)11-6-4-5-7-12(11)17(22)25/h4-7,10H,3,8-9H2,1-2H3,(H,20,23). The molecule has 0 aliphatic carbocycles. The zero-order valence-electron chi connectivity index (χ0n) is 14.9. The SMILES string of the molecule is CCOC(=O)c1cnn(C)c1NC(=O)CCN1C(=O)c2ccccc2C1=O. The predicted octanol–water partition coefficient (Wildman–Crippen LogP) is 1.22. The molecule has 27 heavy (non-hydrogen) atoms. The first-order chi connectivity index (χ1) is 12.9. The first kappa shape index (κ1) is 18.3. The number of ether oxygens (including phenoxy) is 1. The number of amides is 3. The molecule has 140 valence electrons. The molecule has 0 fully saturated rings. The fourth-order valence-corrected chi connectivity index (χ4v) is 2.79. The smallest absolute Gasteiger partial charge is 0.343 e. The highest BCUT2D eigenvalue weighted by molar-refractivity contribution is 6.21. The number of aromatic nitrogens is 2. The summed E-state index contributed by atoms with van der Waals surface area (Å²) in [6.07, 6.45) is 1.19. The first-order valence-corrected chi connectivity index (χ1v) is 8.38. The van der Waals surface area contributed by atoms with Crippen LogP contribution in [0.5, 0.6) is 0 Å². The minimum atomic E-state index is -0.596. The number of hydrogen-bond donors (Lipinski definition) is 1. The molecule has 0 unspecified atom stereocenters. The van der Waals surface area contributed by atoms with Crippen molar-refractivity contribution < 1.29 is 23.9 Å². The van der Waals surface area contributed by atoms with Gasteiger partial charge in [-0.2, -0.15) is 5.10 Å². The maximum absolute atomic E-state index is 12.3. The van der Waals surface area contributed by atoms with Gasteiger partial charge in [0.1, 0.15) is 11.4 Å². The quantitative estimate of drug-likeness (QED) is 0.605. The molecule has 0 bridgehead atoms. The van der Waals surface area contributed by atoms with Crippen LogP contribution in [0.1, 0.15) is 44.4 Å². The van der Waals surface area contributed by atoms with Crippen molar-refractivity contribution in [1.82, 2.24) is 14.7 Å². The summed E-state index contributed by atoms with van der Waals surface area (Å²) >= 11 is 0. The normalized spacial score (nSPS) is 12.9. The number of imide groups is 1. The summed E-state index contributed by atoms with van der Waals surface area (Å²) in [5, 5.41) is 6.53. The number of nitrogens with one attached hydrogen (secondary N) is 1. The Labute approximate surface area is 154 Å². The Morgan fingerprint density at radius 3 is 2.37 bits per heavy atom. The van der Waals surface area contributed by atoms with Crippen molar-refractivity contribution in [1.29, 1.82) is 0 Å². The van der Waals surface area contributed by atoms with Crippen LogP contribution < -0.4 is 5.32 Å². The van der Waals surface area contributed by atoms with Gasteiger partial charge in [-0.3, -0.25) is 24.0 Å². The largest absolute Gasteiger partial charge is 0.462 e. The van der Waals surface area contributed by atoms with Gasteiger partial charge < -0.3 is 10.1 Å². The van der Waals surface area contributed by atoms with E-state index in [1.165, 1.54) is 10.9 Å². The van der Waals surface area contributed by atoms with Gasteiger partial charge in [0.15, 0.2) is 0 Å². The highest BCUT2D eigenvalue weighted by Gasteiger charge is 2.35. The van der Waals surface area contributed by atoms with Gasteiger partial charge in [-0.05, 0) is 19.1 Å². The topological polar surface area (TPSA) is 111 Å². The second kappa shape index (κ2) is 7.40. The highest BCUT2D eigenvalue weighted by atomic mass is 16.5. The van der Waals surface area contributed by atoms with Gasteiger partial charge in [0.2, 0.25) is 5.91 Å². The zero-order valence-corrected chi connectivity index (χ0v) is 14.9. The number of anilines is 1. The van der Waals surface area contributed by atoms with Crippen molar-refractivity contribution in [2.75, 3.05) is 18.5 Å². The molecule has 3 rings (SSSR count). The number of esters is 1. The van der Waals surface area contributed by atoms with Gasteiger partial charge in [0.05, 0.1) is 23.9 Å². The molecule has 1 aliphatic rings. The molecule has 1 aliphatic heterocycles. The minimum Gasteiger partial charge on any atom is -0.462 e. The van der Waals surface area contributed by atoms with Crippen LogP contribution in [0.3, 0.4) is 0 Å². The molecule has 1 aromatic heterocycles. The Balaban J connectivity index is 1.65. The van der Waals surface area contributed by atoms with Gasteiger partial charge >= 0.3 is 5.97 Å². The number of fused-ring (bicyclic) bond motifs is 1. The van der Waals surface area contributed by atoms with Crippen LogP contribution in [-0.4, -0.2) is 51.5 Å². The zero-order chi connectivity index (χ0) is 19.6. The average Bonchev–Trinajstić information content (AvgIpc) is 3.13. The summed E-state index contributed by atoms with van der Waals surface area (Å²) in [4.78, 5) is 49.8. The van der Waals surface area contributed by atoms with Crippen molar-refractivity contribution >= 4 is 29.5 Å². The molecule has 0 saturated heterocycles. The number of rotatable bonds is 6. The van der Waals surface area contributed by atoms with Crippen molar-refractivity contribution in [3.05, 3.63) is 47.2 Å². The molecule has 2 heterocycles. The third kappa shape index (κ3) is 3.43. The number of benzene rings is 1. The van der Waals surface area contributed by atoms with Crippen LogP contribution in [0.25, 0.3) is 0 Å². The molecule has 0 spiro atoms. The third-order valence-electron chi connectivity index (χ3n) is 4.13. The van der Waals surface area contributed by atoms with Crippen LogP contribution >= 0.6 is 0 Å². The molecular weight excluding hydrogens is 352 g/mol. The second-order valence-corrected chi connectivity index (χ2v) is 5.86. The van der Waals surface area contributed by atoms with E-state index in [9.17, 15) is 19.2 Å². The lowest BCUT2D eigenvalue weighted by Crippen LogP contribution is -2.33. The van der Waals surface area contributed by atoms with E-state index in [-0.39, 0.29) is 31.0 Å². The molecule has 1 aromatic carbocycles. The number of nitrogens with zero attached hydrogens (tertiary/aromatic N) is 3. The fraction of sp³-hybridized carbons (Fsp3) is 0.278. The predicted molar refractivity (Wildman–Crippen MR) is 94.2 cm³/mol. The van der Waals surface area contributed by atoms with E-state index >= 15 is 0 Å². The maximum Gasteiger partial charge on any atom is 0.343 e. The van der Waals surface area contributed by atoms with Crippen LogP contribution in [0.4, 0.5) is 5.82 Å². The van der Waals surface area contributed by atoms with Crippen molar-refractivity contribution in [2.24, 2.45) is 7.05 Å². The lowest BCUT2D eigenvalue weighted by atomic mass is 10.1. The fourth-order valence-electron chi connectivity index (χ4n) is 2.79. The summed E-state index contributed by atoms with van der Waals surface area (Å²) in [6.45, 7) is 1.81. The molecule has 0 saturated carbocycles. The summed E-state index contributed by atoms with van der Waals surface area (Å²) in [6, 6.07) is 6.52. The Kier molecular flexibility index (Phi) is 5.02. The molecule has 9 heteroatoms. The van der Waals surface area contributed by atoms with Crippen molar-refractivity contribution in [2.45, 2.75) is 13.3 Å². The summed E-state index contributed by atoms with van der Waals surface area (Å²) in [5.41, 5.74) is 0.798. The molecule has 2 aromatic rings. The lowest BCUT2D eigenvalue weighted by Gasteiger charge is -2.14. The van der Waals surface area contributed by atoms with Crippen LogP contribution in [0, 0.1) is 0 Å². The number of aryl methyl sites for hydroxylation is 1.